The number of hydrogen-bond donors (Lipinski definition) is 1. The Bertz CT molecular complexity index is 1210. The molecule has 1 fully saturated rings. The number of carbonyl (C=O) groups is 1. The average molecular weight is 530 g/mol. The van der Waals surface area contributed by atoms with E-state index in [1.807, 2.05) is 0 Å². The first-order chi connectivity index (χ1) is 16.0. The number of ether oxygens (including phenoxy) is 1. The molecule has 1 unspecified atom stereocenters. The molecular formula is C22H28ClN3O6S2. The molecule has 1 N–H and O–H groups in total. The van der Waals surface area contributed by atoms with Gasteiger partial charge in [-0.2, -0.15) is 4.31 Å². The van der Waals surface area contributed by atoms with Gasteiger partial charge in [0.25, 0.3) is 0 Å². The second kappa shape index (κ2) is 10.9. The lowest BCUT2D eigenvalue weighted by molar-refractivity contribution is -0.121. The van der Waals surface area contributed by atoms with Crippen molar-refractivity contribution in [2.45, 2.75) is 30.7 Å². The van der Waals surface area contributed by atoms with Crippen molar-refractivity contribution < 1.29 is 26.4 Å². The summed E-state index contributed by atoms with van der Waals surface area (Å²) in [5, 5.41) is 3.01. The fourth-order valence-corrected chi connectivity index (χ4v) is 6.57. The van der Waals surface area contributed by atoms with Gasteiger partial charge in [-0.05, 0) is 62.2 Å². The molecule has 0 saturated carbocycles. The van der Waals surface area contributed by atoms with Gasteiger partial charge in [0.1, 0.15) is 18.4 Å². The van der Waals surface area contributed by atoms with Gasteiger partial charge in [0.2, 0.25) is 26.0 Å². The Labute approximate surface area is 205 Å². The van der Waals surface area contributed by atoms with Crippen molar-refractivity contribution in [2.75, 3.05) is 36.8 Å². The van der Waals surface area contributed by atoms with Crippen molar-refractivity contribution in [3.8, 4) is 5.75 Å². The van der Waals surface area contributed by atoms with Gasteiger partial charge in [-0.1, -0.05) is 17.7 Å². The molecule has 2 aromatic carbocycles. The molecule has 0 radical (unpaired) electrons. The summed E-state index contributed by atoms with van der Waals surface area (Å²) in [7, 11) is -7.23. The quantitative estimate of drug-likeness (QED) is 0.473. The third kappa shape index (κ3) is 6.41. The minimum Gasteiger partial charge on any atom is -0.492 e. The Morgan fingerprint density at radius 1 is 1.12 bits per heavy atom. The van der Waals surface area contributed by atoms with Gasteiger partial charge in [0.05, 0.1) is 23.4 Å². The molecular weight excluding hydrogens is 502 g/mol. The maximum Gasteiger partial charge on any atom is 0.243 e. The molecule has 1 aliphatic heterocycles. The van der Waals surface area contributed by atoms with E-state index in [1.54, 1.807) is 30.3 Å². The van der Waals surface area contributed by atoms with Crippen molar-refractivity contribution in [1.82, 2.24) is 9.62 Å². The third-order valence-corrected chi connectivity index (χ3v) is 8.74. The van der Waals surface area contributed by atoms with E-state index in [-0.39, 0.29) is 23.7 Å². The highest BCUT2D eigenvalue weighted by Crippen LogP contribution is 2.25. The molecule has 9 nitrogen and oxygen atoms in total. The molecule has 2 aromatic rings. The molecule has 0 bridgehead atoms. The van der Waals surface area contributed by atoms with Crippen LogP contribution in [0.4, 0.5) is 5.69 Å². The molecule has 0 spiro atoms. The smallest absolute Gasteiger partial charge is 0.243 e. The second-order valence-electron chi connectivity index (χ2n) is 7.94. The zero-order valence-electron chi connectivity index (χ0n) is 19.0. The minimum absolute atomic E-state index is 0.118. The summed E-state index contributed by atoms with van der Waals surface area (Å²) in [6.07, 6.45) is 2.76. The molecule has 34 heavy (non-hydrogen) atoms. The maximum absolute atomic E-state index is 12.6. The SMILES string of the molecule is CC(C(=O)NCCOc1ccc(S(=O)(=O)N2CCCC2)cc1)N(c1cccc(Cl)c1)S(C)(=O)=O. The van der Waals surface area contributed by atoms with Gasteiger partial charge in [0, 0.05) is 18.1 Å². The van der Waals surface area contributed by atoms with Crippen molar-refractivity contribution in [2.24, 2.45) is 0 Å². The molecule has 3 rings (SSSR count). The standard InChI is InChI=1S/C22H28ClN3O6S2/c1-17(26(33(2,28)29)19-7-5-6-18(23)16-19)22(27)24-12-15-32-20-8-10-21(11-9-20)34(30,31)25-13-3-4-14-25/h5-11,16-17H,3-4,12-15H2,1-2H3,(H,24,27). The van der Waals surface area contributed by atoms with Crippen molar-refractivity contribution >= 4 is 43.2 Å². The van der Waals surface area contributed by atoms with E-state index in [0.717, 1.165) is 23.4 Å². The van der Waals surface area contributed by atoms with Crippen LogP contribution in [0.1, 0.15) is 19.8 Å². The molecule has 1 amide bonds. The first kappa shape index (κ1) is 26.3. The number of nitrogens with zero attached hydrogens (tertiary/aromatic N) is 2. The number of nitrogens with one attached hydrogen (secondary N) is 1. The van der Waals surface area contributed by atoms with Crippen LogP contribution in [0.3, 0.4) is 0 Å². The second-order valence-corrected chi connectivity index (χ2v) is 12.2. The number of sulfonamides is 2. The van der Waals surface area contributed by atoms with E-state index < -0.39 is 32.0 Å². The van der Waals surface area contributed by atoms with Gasteiger partial charge >= 0.3 is 0 Å². The highest BCUT2D eigenvalue weighted by atomic mass is 35.5. The van der Waals surface area contributed by atoms with Gasteiger partial charge in [-0.15, -0.1) is 0 Å². The number of carbonyl (C=O) groups excluding carboxylic acids is 1. The maximum atomic E-state index is 12.6. The number of rotatable bonds is 10. The van der Waals surface area contributed by atoms with Gasteiger partial charge < -0.3 is 10.1 Å². The summed E-state index contributed by atoms with van der Waals surface area (Å²) >= 11 is 5.98. The molecule has 1 heterocycles. The summed E-state index contributed by atoms with van der Waals surface area (Å²) in [4.78, 5) is 12.8. The lowest BCUT2D eigenvalue weighted by atomic mass is 10.2. The fraction of sp³-hybridized carbons (Fsp3) is 0.409. The van der Waals surface area contributed by atoms with Crippen LogP contribution in [-0.4, -0.2) is 65.6 Å². The molecule has 0 aliphatic carbocycles. The Balaban J connectivity index is 1.54. The summed E-state index contributed by atoms with van der Waals surface area (Å²) in [6.45, 7) is 2.80. The van der Waals surface area contributed by atoms with Gasteiger partial charge in [-0.3, -0.25) is 9.10 Å². The minimum atomic E-state index is -3.74. The molecule has 12 heteroatoms. The lowest BCUT2D eigenvalue weighted by Gasteiger charge is -2.28. The van der Waals surface area contributed by atoms with Crippen LogP contribution in [-0.2, 0) is 24.8 Å². The van der Waals surface area contributed by atoms with E-state index in [1.165, 1.54) is 29.4 Å². The number of benzene rings is 2. The fourth-order valence-electron chi connectivity index (χ4n) is 3.70. The highest BCUT2D eigenvalue weighted by molar-refractivity contribution is 7.92. The zero-order valence-corrected chi connectivity index (χ0v) is 21.4. The van der Waals surface area contributed by atoms with Crippen LogP contribution in [0.2, 0.25) is 5.02 Å². The number of hydrogen-bond acceptors (Lipinski definition) is 6. The average Bonchev–Trinajstić information content (AvgIpc) is 3.32. The molecule has 1 saturated heterocycles. The van der Waals surface area contributed by atoms with Crippen LogP contribution in [0, 0.1) is 0 Å². The Hall–Kier alpha value is -2.34. The topological polar surface area (TPSA) is 113 Å². The van der Waals surface area contributed by atoms with E-state index in [9.17, 15) is 21.6 Å². The van der Waals surface area contributed by atoms with Crippen LogP contribution in [0.5, 0.6) is 5.75 Å². The first-order valence-electron chi connectivity index (χ1n) is 10.8. The Kier molecular flexibility index (Phi) is 8.45. The first-order valence-corrected chi connectivity index (χ1v) is 14.4. The number of amides is 1. The molecule has 1 atom stereocenters. The van der Waals surface area contributed by atoms with Crippen LogP contribution in [0.15, 0.2) is 53.4 Å². The summed E-state index contributed by atoms with van der Waals surface area (Å²) in [5.74, 6) is -0.0413. The van der Waals surface area contributed by atoms with Crippen LogP contribution < -0.4 is 14.4 Å². The summed E-state index contributed by atoms with van der Waals surface area (Å²) < 4.78 is 57.9. The summed E-state index contributed by atoms with van der Waals surface area (Å²) in [6, 6.07) is 11.4. The van der Waals surface area contributed by atoms with E-state index in [2.05, 4.69) is 5.32 Å². The molecule has 0 aromatic heterocycles. The van der Waals surface area contributed by atoms with E-state index in [0.29, 0.717) is 23.9 Å². The van der Waals surface area contributed by atoms with E-state index in [4.69, 9.17) is 16.3 Å². The predicted molar refractivity (Wildman–Crippen MR) is 131 cm³/mol. The van der Waals surface area contributed by atoms with Gasteiger partial charge in [-0.25, -0.2) is 16.8 Å². The van der Waals surface area contributed by atoms with Crippen molar-refractivity contribution in [3.05, 3.63) is 53.6 Å². The van der Waals surface area contributed by atoms with Crippen molar-refractivity contribution in [3.63, 3.8) is 0 Å². The largest absolute Gasteiger partial charge is 0.492 e. The van der Waals surface area contributed by atoms with Crippen LogP contribution >= 0.6 is 11.6 Å². The lowest BCUT2D eigenvalue weighted by Crippen LogP contribution is -2.48. The monoisotopic (exact) mass is 529 g/mol. The third-order valence-electron chi connectivity index (χ3n) is 5.35. The van der Waals surface area contributed by atoms with Gasteiger partial charge in [0.15, 0.2) is 0 Å². The van der Waals surface area contributed by atoms with Crippen molar-refractivity contribution in [1.29, 1.82) is 0 Å². The highest BCUT2D eigenvalue weighted by Gasteiger charge is 2.29. The van der Waals surface area contributed by atoms with E-state index >= 15 is 0 Å². The zero-order chi connectivity index (χ0) is 24.9. The molecule has 1 aliphatic rings. The number of anilines is 1. The normalized spacial score (nSPS) is 15.6. The molecule has 186 valence electrons. The van der Waals surface area contributed by atoms with Crippen LogP contribution in [0.25, 0.3) is 0 Å². The number of halogens is 1. The summed E-state index contributed by atoms with van der Waals surface area (Å²) in [5.41, 5.74) is 0.290. The Morgan fingerprint density at radius 3 is 2.35 bits per heavy atom. The Morgan fingerprint density at radius 2 is 1.76 bits per heavy atom. The predicted octanol–water partition coefficient (Wildman–Crippen LogP) is 2.47.